The van der Waals surface area contributed by atoms with E-state index in [0.29, 0.717) is 17.9 Å². The zero-order valence-corrected chi connectivity index (χ0v) is 17.9. The van der Waals surface area contributed by atoms with Crippen molar-refractivity contribution >= 4 is 23.4 Å². The average molecular weight is 408 g/mol. The van der Waals surface area contributed by atoms with Crippen LogP contribution in [0, 0.1) is 13.8 Å². The van der Waals surface area contributed by atoms with Crippen LogP contribution in [0.5, 0.6) is 11.5 Å². The molecule has 0 atom stereocenters. The predicted molar refractivity (Wildman–Crippen MR) is 119 cm³/mol. The quantitative estimate of drug-likeness (QED) is 0.498. The molecule has 3 aromatic rings. The molecule has 0 saturated heterocycles. The van der Waals surface area contributed by atoms with E-state index in [0.717, 1.165) is 33.0 Å². The van der Waals surface area contributed by atoms with Crippen LogP contribution in [0.3, 0.4) is 0 Å². The lowest BCUT2D eigenvalue weighted by Gasteiger charge is -2.13. The van der Waals surface area contributed by atoms with Gasteiger partial charge >= 0.3 is 0 Å². The van der Waals surface area contributed by atoms with Gasteiger partial charge in [0.2, 0.25) is 0 Å². The van der Waals surface area contributed by atoms with Crippen LogP contribution in [-0.4, -0.2) is 19.3 Å². The van der Waals surface area contributed by atoms with Gasteiger partial charge in [0.05, 0.1) is 7.11 Å². The molecule has 3 rings (SSSR count). The Morgan fingerprint density at radius 1 is 1.00 bits per heavy atom. The van der Waals surface area contributed by atoms with Gasteiger partial charge in [-0.15, -0.1) is 11.8 Å². The van der Waals surface area contributed by atoms with Crippen molar-refractivity contribution in [2.75, 3.05) is 18.7 Å². The molecule has 4 nitrogen and oxygen atoms in total. The van der Waals surface area contributed by atoms with Gasteiger partial charge < -0.3 is 14.8 Å². The molecule has 0 heterocycles. The second kappa shape index (κ2) is 9.52. The standard InChI is InChI=1S/C24H25NO3S/c1-16-10-17(2)12-21(11-16)28-15-19-13-18(8-9-23(19)27-3)24(26)25-20-6-5-7-22(14-20)29-4/h5-14H,15H2,1-4H3,(H,25,26). The van der Waals surface area contributed by atoms with Crippen LogP contribution in [-0.2, 0) is 6.61 Å². The molecule has 0 aliphatic carbocycles. The van der Waals surface area contributed by atoms with E-state index in [1.165, 1.54) is 0 Å². The minimum Gasteiger partial charge on any atom is -0.496 e. The van der Waals surface area contributed by atoms with E-state index >= 15 is 0 Å². The van der Waals surface area contributed by atoms with Gasteiger partial charge in [0.15, 0.2) is 0 Å². The largest absolute Gasteiger partial charge is 0.496 e. The van der Waals surface area contributed by atoms with Crippen molar-refractivity contribution in [3.05, 3.63) is 82.9 Å². The maximum Gasteiger partial charge on any atom is 0.255 e. The molecule has 1 N–H and O–H groups in total. The molecule has 150 valence electrons. The second-order valence-corrected chi connectivity index (χ2v) is 7.70. The van der Waals surface area contributed by atoms with E-state index in [2.05, 4.69) is 11.4 Å². The molecule has 0 fully saturated rings. The summed E-state index contributed by atoms with van der Waals surface area (Å²) in [5, 5.41) is 2.95. The fourth-order valence-electron chi connectivity index (χ4n) is 3.11. The Labute approximate surface area is 176 Å². The average Bonchev–Trinajstić information content (AvgIpc) is 2.71. The number of aryl methyl sites for hydroxylation is 2. The van der Waals surface area contributed by atoms with Crippen molar-refractivity contribution in [2.45, 2.75) is 25.3 Å². The van der Waals surface area contributed by atoms with Crippen LogP contribution in [0.4, 0.5) is 5.69 Å². The molecule has 5 heteroatoms. The van der Waals surface area contributed by atoms with Crippen LogP contribution in [0.2, 0.25) is 0 Å². The molecule has 0 saturated carbocycles. The summed E-state index contributed by atoms with van der Waals surface area (Å²) in [6.45, 7) is 4.39. The van der Waals surface area contributed by atoms with Gasteiger partial charge in [0.1, 0.15) is 18.1 Å². The minimum absolute atomic E-state index is 0.168. The molecular formula is C24H25NO3S. The highest BCUT2D eigenvalue weighted by atomic mass is 32.2. The summed E-state index contributed by atoms with van der Waals surface area (Å²) in [7, 11) is 1.61. The Morgan fingerprint density at radius 2 is 1.76 bits per heavy atom. The van der Waals surface area contributed by atoms with E-state index in [9.17, 15) is 4.79 Å². The minimum atomic E-state index is -0.168. The number of carbonyl (C=O) groups is 1. The molecule has 1 amide bonds. The molecule has 0 spiro atoms. The van der Waals surface area contributed by atoms with Crippen molar-refractivity contribution in [2.24, 2.45) is 0 Å². The summed E-state index contributed by atoms with van der Waals surface area (Å²) in [6, 6.07) is 19.2. The van der Waals surface area contributed by atoms with E-state index in [-0.39, 0.29) is 5.91 Å². The third kappa shape index (κ3) is 5.55. The first kappa shape index (κ1) is 20.8. The molecule has 0 aliphatic heterocycles. The second-order valence-electron chi connectivity index (χ2n) is 6.82. The van der Waals surface area contributed by atoms with E-state index in [1.807, 2.05) is 62.6 Å². The van der Waals surface area contributed by atoms with Crippen molar-refractivity contribution in [3.8, 4) is 11.5 Å². The predicted octanol–water partition coefficient (Wildman–Crippen LogP) is 5.87. The molecule has 0 unspecified atom stereocenters. The zero-order chi connectivity index (χ0) is 20.8. The number of ether oxygens (including phenoxy) is 2. The van der Waals surface area contributed by atoms with Gasteiger partial charge in [0, 0.05) is 21.7 Å². The summed E-state index contributed by atoms with van der Waals surface area (Å²) < 4.78 is 11.4. The third-order valence-corrected chi connectivity index (χ3v) is 5.19. The maximum atomic E-state index is 12.7. The summed E-state index contributed by atoms with van der Waals surface area (Å²) in [5.74, 6) is 1.32. The van der Waals surface area contributed by atoms with Gasteiger partial charge in [-0.3, -0.25) is 4.79 Å². The Hall–Kier alpha value is -2.92. The van der Waals surface area contributed by atoms with Gasteiger partial charge in [-0.25, -0.2) is 0 Å². The lowest BCUT2D eigenvalue weighted by atomic mass is 10.1. The Morgan fingerprint density at radius 3 is 2.45 bits per heavy atom. The van der Waals surface area contributed by atoms with Gasteiger partial charge in [-0.2, -0.15) is 0 Å². The normalized spacial score (nSPS) is 10.5. The first-order valence-electron chi connectivity index (χ1n) is 9.32. The van der Waals surface area contributed by atoms with Crippen molar-refractivity contribution in [1.29, 1.82) is 0 Å². The SMILES string of the molecule is COc1ccc(C(=O)Nc2cccc(SC)c2)cc1COc1cc(C)cc(C)c1. The lowest BCUT2D eigenvalue weighted by Crippen LogP contribution is -2.13. The summed E-state index contributed by atoms with van der Waals surface area (Å²) in [6.07, 6.45) is 2.01. The van der Waals surface area contributed by atoms with Crippen LogP contribution in [0.1, 0.15) is 27.0 Å². The maximum absolute atomic E-state index is 12.7. The van der Waals surface area contributed by atoms with Crippen LogP contribution in [0.25, 0.3) is 0 Å². The number of methoxy groups -OCH3 is 1. The lowest BCUT2D eigenvalue weighted by molar-refractivity contribution is 0.102. The summed E-state index contributed by atoms with van der Waals surface area (Å²) >= 11 is 1.64. The van der Waals surface area contributed by atoms with Gasteiger partial charge in [-0.05, 0) is 79.8 Å². The zero-order valence-electron chi connectivity index (χ0n) is 17.1. The van der Waals surface area contributed by atoms with Crippen LogP contribution >= 0.6 is 11.8 Å². The van der Waals surface area contributed by atoms with Crippen molar-refractivity contribution < 1.29 is 14.3 Å². The smallest absolute Gasteiger partial charge is 0.255 e. The summed E-state index contributed by atoms with van der Waals surface area (Å²) in [5.41, 5.74) is 4.43. The molecular weight excluding hydrogens is 382 g/mol. The Kier molecular flexibility index (Phi) is 6.83. The highest BCUT2D eigenvalue weighted by Gasteiger charge is 2.12. The third-order valence-electron chi connectivity index (χ3n) is 4.46. The summed E-state index contributed by atoms with van der Waals surface area (Å²) in [4.78, 5) is 13.8. The molecule has 0 aromatic heterocycles. The number of hydrogen-bond donors (Lipinski definition) is 1. The first-order chi connectivity index (χ1) is 14.0. The molecule has 0 aliphatic rings. The van der Waals surface area contributed by atoms with E-state index in [1.54, 1.807) is 31.0 Å². The monoisotopic (exact) mass is 407 g/mol. The van der Waals surface area contributed by atoms with Crippen LogP contribution in [0.15, 0.2) is 65.6 Å². The van der Waals surface area contributed by atoms with Crippen molar-refractivity contribution in [3.63, 3.8) is 0 Å². The molecule has 0 bridgehead atoms. The topological polar surface area (TPSA) is 47.6 Å². The number of carbonyl (C=O) groups excluding carboxylic acids is 1. The Bertz CT molecular complexity index is 997. The highest BCUT2D eigenvalue weighted by molar-refractivity contribution is 7.98. The Balaban J connectivity index is 1.77. The number of hydrogen-bond acceptors (Lipinski definition) is 4. The van der Waals surface area contributed by atoms with E-state index < -0.39 is 0 Å². The number of nitrogens with one attached hydrogen (secondary N) is 1. The first-order valence-corrected chi connectivity index (χ1v) is 10.5. The number of thioether (sulfide) groups is 1. The van der Waals surface area contributed by atoms with Crippen LogP contribution < -0.4 is 14.8 Å². The fourth-order valence-corrected chi connectivity index (χ4v) is 3.57. The molecule has 3 aromatic carbocycles. The fraction of sp³-hybridized carbons (Fsp3) is 0.208. The molecule has 0 radical (unpaired) electrons. The van der Waals surface area contributed by atoms with Crippen molar-refractivity contribution in [1.82, 2.24) is 0 Å². The highest BCUT2D eigenvalue weighted by Crippen LogP contribution is 2.25. The van der Waals surface area contributed by atoms with Gasteiger partial charge in [0.25, 0.3) is 5.91 Å². The molecule has 29 heavy (non-hydrogen) atoms. The van der Waals surface area contributed by atoms with E-state index in [4.69, 9.17) is 9.47 Å². The number of amides is 1. The number of rotatable bonds is 7. The number of benzene rings is 3. The van der Waals surface area contributed by atoms with Gasteiger partial charge in [-0.1, -0.05) is 12.1 Å². The number of anilines is 1.